The monoisotopic (exact) mass is 318 g/mol. The Morgan fingerprint density at radius 2 is 2.24 bits per heavy atom. The highest BCUT2D eigenvalue weighted by atomic mass is 32.1. The Hall–Kier alpha value is -2.19. The summed E-state index contributed by atoms with van der Waals surface area (Å²) in [7, 11) is 0. The smallest absolute Gasteiger partial charge is 0.195 e. The van der Waals surface area contributed by atoms with Crippen LogP contribution in [-0.2, 0) is 6.54 Å². The number of rotatable bonds is 4. The van der Waals surface area contributed by atoms with Crippen LogP contribution < -0.4 is 10.6 Å². The molecule has 0 aliphatic carbocycles. The van der Waals surface area contributed by atoms with Crippen molar-refractivity contribution >= 4 is 33.8 Å². The van der Waals surface area contributed by atoms with Crippen molar-refractivity contribution in [3.63, 3.8) is 0 Å². The summed E-state index contributed by atoms with van der Waals surface area (Å²) in [6.07, 6.45) is 1.82. The molecular formula is C13H14N6S2. The van der Waals surface area contributed by atoms with E-state index in [0.29, 0.717) is 11.7 Å². The molecule has 21 heavy (non-hydrogen) atoms. The fourth-order valence-electron chi connectivity index (χ4n) is 1.87. The number of nitrogens with one attached hydrogen (secondary N) is 2. The number of guanidine groups is 1. The molecule has 0 fully saturated rings. The first-order valence-corrected chi connectivity index (χ1v) is 8.01. The van der Waals surface area contributed by atoms with Gasteiger partial charge in [0.1, 0.15) is 17.2 Å². The quantitative estimate of drug-likeness (QED) is 0.509. The zero-order valence-electron chi connectivity index (χ0n) is 11.3. The number of nitrogens with zero attached hydrogens (tertiary/aromatic N) is 3. The minimum atomic E-state index is -0.0116. The van der Waals surface area contributed by atoms with E-state index in [-0.39, 0.29) is 5.96 Å². The number of hydrogen-bond donors (Lipinski definition) is 3. The van der Waals surface area contributed by atoms with Gasteiger partial charge in [-0.3, -0.25) is 10.3 Å². The Balaban J connectivity index is 1.87. The van der Waals surface area contributed by atoms with E-state index in [1.54, 1.807) is 16.2 Å². The lowest BCUT2D eigenvalue weighted by atomic mass is 10.4. The zero-order valence-corrected chi connectivity index (χ0v) is 13.0. The summed E-state index contributed by atoms with van der Waals surface area (Å²) in [5.41, 5.74) is 7.29. The molecule has 0 amide bonds. The minimum Gasteiger partial charge on any atom is -0.370 e. The molecule has 0 spiro atoms. The van der Waals surface area contributed by atoms with Crippen LogP contribution in [-0.4, -0.2) is 20.9 Å². The maximum atomic E-state index is 7.76. The highest BCUT2D eigenvalue weighted by molar-refractivity contribution is 7.14. The molecule has 8 heteroatoms. The van der Waals surface area contributed by atoms with Gasteiger partial charge in [-0.2, -0.15) is 0 Å². The Labute approximate surface area is 129 Å². The average Bonchev–Trinajstić information content (AvgIpc) is 3.16. The first kappa shape index (κ1) is 13.8. The number of hydrogen-bond acceptors (Lipinski definition) is 5. The summed E-state index contributed by atoms with van der Waals surface area (Å²) in [5.74, 6) is 0.837. The average molecular weight is 318 g/mol. The van der Waals surface area contributed by atoms with Crippen molar-refractivity contribution in [3.05, 3.63) is 39.8 Å². The number of thiazole rings is 1. The molecule has 108 valence electrons. The molecule has 3 aromatic rings. The number of thiophene rings is 1. The van der Waals surface area contributed by atoms with E-state index >= 15 is 0 Å². The topological polar surface area (TPSA) is 94.7 Å². The second-order valence-electron chi connectivity index (χ2n) is 4.44. The Bertz CT molecular complexity index is 742. The molecular weight excluding hydrogens is 304 g/mol. The molecule has 0 saturated heterocycles. The first-order chi connectivity index (χ1) is 10.1. The molecule has 0 atom stereocenters. The number of aromatic nitrogens is 3. The summed E-state index contributed by atoms with van der Waals surface area (Å²) in [5, 5.41) is 12.4. The van der Waals surface area contributed by atoms with Crippen molar-refractivity contribution in [2.75, 3.05) is 4.90 Å². The van der Waals surface area contributed by atoms with Gasteiger partial charge in [0.05, 0.1) is 6.54 Å². The van der Waals surface area contributed by atoms with Crippen LogP contribution in [0.25, 0.3) is 11.4 Å². The van der Waals surface area contributed by atoms with Crippen LogP contribution in [0.4, 0.5) is 5.13 Å². The summed E-state index contributed by atoms with van der Waals surface area (Å²) in [4.78, 5) is 14.8. The fraction of sp³-hybridized carbons (Fsp3) is 0.154. The summed E-state index contributed by atoms with van der Waals surface area (Å²) in [6, 6.07) is 4.00. The summed E-state index contributed by atoms with van der Waals surface area (Å²) >= 11 is 3.09. The van der Waals surface area contributed by atoms with Crippen molar-refractivity contribution < 1.29 is 0 Å². The molecule has 0 unspecified atom stereocenters. The minimum absolute atomic E-state index is 0.0116. The third kappa shape index (κ3) is 2.96. The molecule has 0 saturated carbocycles. The van der Waals surface area contributed by atoms with Crippen molar-refractivity contribution in [1.29, 1.82) is 5.41 Å². The number of aromatic amines is 1. The van der Waals surface area contributed by atoms with Gasteiger partial charge in [0.15, 0.2) is 11.1 Å². The van der Waals surface area contributed by atoms with Crippen LogP contribution in [0.3, 0.4) is 0 Å². The Kier molecular flexibility index (Phi) is 3.72. The van der Waals surface area contributed by atoms with Gasteiger partial charge >= 0.3 is 0 Å². The van der Waals surface area contributed by atoms with E-state index in [0.717, 1.165) is 22.1 Å². The number of nitrogens with two attached hydrogens (primary N) is 1. The maximum Gasteiger partial charge on any atom is 0.195 e. The second kappa shape index (κ2) is 5.66. The Morgan fingerprint density at radius 3 is 2.86 bits per heavy atom. The molecule has 0 bridgehead atoms. The number of imidazole rings is 1. The van der Waals surface area contributed by atoms with E-state index in [1.165, 1.54) is 11.3 Å². The van der Waals surface area contributed by atoms with Crippen molar-refractivity contribution in [1.82, 2.24) is 15.0 Å². The van der Waals surface area contributed by atoms with Crippen LogP contribution >= 0.6 is 22.7 Å². The van der Waals surface area contributed by atoms with Crippen LogP contribution in [0.15, 0.2) is 29.1 Å². The predicted molar refractivity (Wildman–Crippen MR) is 86.8 cm³/mol. The number of H-pyrrole nitrogens is 1. The summed E-state index contributed by atoms with van der Waals surface area (Å²) < 4.78 is 0. The Morgan fingerprint density at radius 1 is 1.38 bits per heavy atom. The van der Waals surface area contributed by atoms with E-state index in [9.17, 15) is 0 Å². The fourth-order valence-corrected chi connectivity index (χ4v) is 3.39. The lowest BCUT2D eigenvalue weighted by Gasteiger charge is -2.18. The predicted octanol–water partition coefficient (Wildman–Crippen LogP) is 2.80. The molecule has 0 aliphatic rings. The standard InChI is InChI=1S/C13H14N6S2/c1-8-16-5-10(17-8)11-7-21-13(18-11)19(12(14)15)6-9-3-2-4-20-9/h2-5,7H,6H2,1H3,(H3,14,15)(H,16,17). The molecule has 3 aromatic heterocycles. The van der Waals surface area contributed by atoms with Crippen LogP contribution in [0.2, 0.25) is 0 Å². The third-order valence-electron chi connectivity index (χ3n) is 2.88. The molecule has 3 rings (SSSR count). The van der Waals surface area contributed by atoms with Crippen LogP contribution in [0.5, 0.6) is 0 Å². The largest absolute Gasteiger partial charge is 0.370 e. The molecule has 3 heterocycles. The van der Waals surface area contributed by atoms with Gasteiger partial charge in [-0.15, -0.1) is 22.7 Å². The maximum absolute atomic E-state index is 7.76. The molecule has 0 radical (unpaired) electrons. The SMILES string of the molecule is Cc1nc(-c2csc(N(Cc3cccs3)C(=N)N)n2)c[nH]1. The van der Waals surface area contributed by atoms with Crippen LogP contribution in [0.1, 0.15) is 10.7 Å². The first-order valence-electron chi connectivity index (χ1n) is 6.25. The van der Waals surface area contributed by atoms with Crippen molar-refractivity contribution in [2.24, 2.45) is 5.73 Å². The normalized spacial score (nSPS) is 10.7. The second-order valence-corrected chi connectivity index (χ2v) is 6.31. The highest BCUT2D eigenvalue weighted by Crippen LogP contribution is 2.28. The highest BCUT2D eigenvalue weighted by Gasteiger charge is 2.16. The van der Waals surface area contributed by atoms with E-state index in [4.69, 9.17) is 11.1 Å². The molecule has 0 aromatic carbocycles. The lowest BCUT2D eigenvalue weighted by Crippen LogP contribution is -2.35. The van der Waals surface area contributed by atoms with E-state index < -0.39 is 0 Å². The molecule has 6 nitrogen and oxygen atoms in total. The van der Waals surface area contributed by atoms with Gasteiger partial charge in [-0.25, -0.2) is 9.97 Å². The van der Waals surface area contributed by atoms with E-state index in [2.05, 4.69) is 15.0 Å². The number of anilines is 1. The van der Waals surface area contributed by atoms with Crippen molar-refractivity contribution in [2.45, 2.75) is 13.5 Å². The van der Waals surface area contributed by atoms with Gasteiger partial charge in [0, 0.05) is 16.5 Å². The van der Waals surface area contributed by atoms with Crippen molar-refractivity contribution in [3.8, 4) is 11.4 Å². The third-order valence-corrected chi connectivity index (χ3v) is 4.60. The number of aryl methyl sites for hydroxylation is 1. The van der Waals surface area contributed by atoms with E-state index in [1.807, 2.05) is 36.0 Å². The van der Waals surface area contributed by atoms with Gasteiger partial charge in [0.25, 0.3) is 0 Å². The zero-order chi connectivity index (χ0) is 14.8. The van der Waals surface area contributed by atoms with Gasteiger partial charge < -0.3 is 10.7 Å². The molecule has 0 aliphatic heterocycles. The molecule has 4 N–H and O–H groups in total. The van der Waals surface area contributed by atoms with Gasteiger partial charge in [0.2, 0.25) is 0 Å². The summed E-state index contributed by atoms with van der Waals surface area (Å²) in [6.45, 7) is 2.45. The van der Waals surface area contributed by atoms with Gasteiger partial charge in [-0.1, -0.05) is 6.07 Å². The lowest BCUT2D eigenvalue weighted by molar-refractivity contribution is 0.995. The van der Waals surface area contributed by atoms with Crippen LogP contribution in [0, 0.1) is 12.3 Å². The van der Waals surface area contributed by atoms with Gasteiger partial charge in [-0.05, 0) is 18.4 Å².